The van der Waals surface area contributed by atoms with Crippen LogP contribution in [0.25, 0.3) is 0 Å². The highest BCUT2D eigenvalue weighted by Gasteiger charge is 1.99. The molecule has 0 aliphatic rings. The number of hydrogen-bond donors (Lipinski definition) is 2. The van der Waals surface area contributed by atoms with Crippen molar-refractivity contribution in [2.24, 2.45) is 0 Å². The van der Waals surface area contributed by atoms with Gasteiger partial charge in [0.1, 0.15) is 0 Å². The zero-order valence-electron chi connectivity index (χ0n) is 7.88. The predicted molar refractivity (Wildman–Crippen MR) is 55.2 cm³/mol. The van der Waals surface area contributed by atoms with E-state index in [4.69, 9.17) is 11.6 Å². The van der Waals surface area contributed by atoms with E-state index in [9.17, 15) is 4.79 Å². The standard InChI is InChI=1S/C9H12ClN3O/c1-2-11-9(14)13-6-8-5-7(10)3-4-12-8/h3-5H,2,6H2,1H3,(H2,11,13,14). The molecule has 0 radical (unpaired) electrons. The first-order valence-electron chi connectivity index (χ1n) is 4.34. The van der Waals surface area contributed by atoms with Crippen molar-refractivity contribution in [3.8, 4) is 0 Å². The number of pyridine rings is 1. The molecule has 0 unspecified atom stereocenters. The highest BCUT2D eigenvalue weighted by atomic mass is 35.5. The van der Waals surface area contributed by atoms with E-state index in [0.29, 0.717) is 18.1 Å². The quantitative estimate of drug-likeness (QED) is 0.801. The van der Waals surface area contributed by atoms with Crippen LogP contribution in [0.15, 0.2) is 18.3 Å². The summed E-state index contributed by atoms with van der Waals surface area (Å²) in [5, 5.41) is 5.89. The molecule has 5 heteroatoms. The maximum atomic E-state index is 11.0. The van der Waals surface area contributed by atoms with Crippen LogP contribution >= 0.6 is 11.6 Å². The largest absolute Gasteiger partial charge is 0.338 e. The Kier molecular flexibility index (Phi) is 4.19. The predicted octanol–water partition coefficient (Wildman–Crippen LogP) is 1.55. The van der Waals surface area contributed by atoms with Crippen LogP contribution in [0.3, 0.4) is 0 Å². The number of halogens is 1. The summed E-state index contributed by atoms with van der Waals surface area (Å²) in [6.07, 6.45) is 1.61. The van der Waals surface area contributed by atoms with Gasteiger partial charge in [-0.1, -0.05) is 11.6 Å². The van der Waals surface area contributed by atoms with E-state index >= 15 is 0 Å². The van der Waals surface area contributed by atoms with E-state index in [1.165, 1.54) is 0 Å². The van der Waals surface area contributed by atoms with E-state index in [2.05, 4.69) is 15.6 Å². The summed E-state index contributed by atoms with van der Waals surface area (Å²) in [5.74, 6) is 0. The number of carbonyl (C=O) groups is 1. The van der Waals surface area contributed by atoms with Gasteiger partial charge in [0.15, 0.2) is 0 Å². The molecule has 1 aromatic rings. The summed E-state index contributed by atoms with van der Waals surface area (Å²) in [7, 11) is 0. The molecule has 2 amide bonds. The van der Waals surface area contributed by atoms with E-state index in [1.54, 1.807) is 18.3 Å². The Morgan fingerprint density at radius 3 is 3.00 bits per heavy atom. The lowest BCUT2D eigenvalue weighted by molar-refractivity contribution is 0.241. The van der Waals surface area contributed by atoms with Crippen LogP contribution in [-0.4, -0.2) is 17.6 Å². The van der Waals surface area contributed by atoms with Crippen LogP contribution in [-0.2, 0) is 6.54 Å². The maximum Gasteiger partial charge on any atom is 0.315 e. The summed E-state index contributed by atoms with van der Waals surface area (Å²) in [6.45, 7) is 2.85. The fraction of sp³-hybridized carbons (Fsp3) is 0.333. The monoisotopic (exact) mass is 213 g/mol. The van der Waals surface area contributed by atoms with Crippen molar-refractivity contribution in [1.29, 1.82) is 0 Å². The number of urea groups is 1. The van der Waals surface area contributed by atoms with Crippen molar-refractivity contribution < 1.29 is 4.79 Å². The molecular formula is C9H12ClN3O. The van der Waals surface area contributed by atoms with Gasteiger partial charge in [0.25, 0.3) is 0 Å². The van der Waals surface area contributed by atoms with E-state index in [1.807, 2.05) is 6.92 Å². The molecule has 76 valence electrons. The average Bonchev–Trinajstić information content (AvgIpc) is 2.15. The van der Waals surface area contributed by atoms with E-state index in [-0.39, 0.29) is 6.03 Å². The molecule has 0 fully saturated rings. The van der Waals surface area contributed by atoms with Gasteiger partial charge in [-0.3, -0.25) is 4.98 Å². The van der Waals surface area contributed by atoms with Crippen LogP contribution in [0, 0.1) is 0 Å². The Morgan fingerprint density at radius 2 is 2.36 bits per heavy atom. The van der Waals surface area contributed by atoms with Crippen molar-refractivity contribution in [2.75, 3.05) is 6.54 Å². The number of carbonyl (C=O) groups excluding carboxylic acids is 1. The highest BCUT2D eigenvalue weighted by Crippen LogP contribution is 2.07. The third-order valence-corrected chi connectivity index (χ3v) is 1.78. The molecule has 1 rings (SSSR count). The SMILES string of the molecule is CCNC(=O)NCc1cc(Cl)ccn1. The van der Waals surface area contributed by atoms with Crippen molar-refractivity contribution in [2.45, 2.75) is 13.5 Å². The molecule has 0 spiro atoms. The molecule has 0 saturated carbocycles. The summed E-state index contributed by atoms with van der Waals surface area (Å²) in [4.78, 5) is 15.1. The number of nitrogens with one attached hydrogen (secondary N) is 2. The van der Waals surface area contributed by atoms with Crippen molar-refractivity contribution in [3.63, 3.8) is 0 Å². The second kappa shape index (κ2) is 5.44. The molecule has 0 aromatic carbocycles. The Hall–Kier alpha value is -1.29. The first kappa shape index (κ1) is 10.8. The molecule has 14 heavy (non-hydrogen) atoms. The fourth-order valence-electron chi connectivity index (χ4n) is 0.939. The number of amides is 2. The summed E-state index contributed by atoms with van der Waals surface area (Å²) >= 11 is 5.75. The van der Waals surface area contributed by atoms with Crippen LogP contribution in [0.2, 0.25) is 5.02 Å². The fourth-order valence-corrected chi connectivity index (χ4v) is 1.12. The van der Waals surface area contributed by atoms with Gasteiger partial charge in [0, 0.05) is 17.8 Å². The first-order chi connectivity index (χ1) is 6.72. The molecule has 0 aliphatic carbocycles. The molecule has 0 aliphatic heterocycles. The molecule has 0 bridgehead atoms. The topological polar surface area (TPSA) is 54.0 Å². The highest BCUT2D eigenvalue weighted by molar-refractivity contribution is 6.30. The molecule has 0 atom stereocenters. The van der Waals surface area contributed by atoms with Gasteiger partial charge in [-0.05, 0) is 19.1 Å². The third-order valence-electron chi connectivity index (χ3n) is 1.55. The molecule has 1 heterocycles. The molecular weight excluding hydrogens is 202 g/mol. The van der Waals surface area contributed by atoms with Crippen molar-refractivity contribution in [1.82, 2.24) is 15.6 Å². The first-order valence-corrected chi connectivity index (χ1v) is 4.72. The number of aromatic nitrogens is 1. The minimum absolute atomic E-state index is 0.200. The van der Waals surface area contributed by atoms with Crippen molar-refractivity contribution >= 4 is 17.6 Å². The van der Waals surface area contributed by atoms with Crippen LogP contribution < -0.4 is 10.6 Å². The van der Waals surface area contributed by atoms with Gasteiger partial charge in [-0.25, -0.2) is 4.79 Å². The third kappa shape index (κ3) is 3.62. The Labute approximate surface area is 87.7 Å². The van der Waals surface area contributed by atoms with Crippen LogP contribution in [0.1, 0.15) is 12.6 Å². The molecule has 2 N–H and O–H groups in total. The average molecular weight is 214 g/mol. The van der Waals surface area contributed by atoms with Gasteiger partial charge in [-0.2, -0.15) is 0 Å². The van der Waals surface area contributed by atoms with E-state index in [0.717, 1.165) is 5.69 Å². The zero-order chi connectivity index (χ0) is 10.4. The minimum Gasteiger partial charge on any atom is -0.338 e. The molecule has 4 nitrogen and oxygen atoms in total. The lowest BCUT2D eigenvalue weighted by Gasteiger charge is -2.04. The van der Waals surface area contributed by atoms with Gasteiger partial charge < -0.3 is 10.6 Å². The van der Waals surface area contributed by atoms with Gasteiger partial charge in [0.2, 0.25) is 0 Å². The van der Waals surface area contributed by atoms with Crippen LogP contribution in [0.4, 0.5) is 4.79 Å². The minimum atomic E-state index is -0.200. The second-order valence-electron chi connectivity index (χ2n) is 2.68. The zero-order valence-corrected chi connectivity index (χ0v) is 8.64. The van der Waals surface area contributed by atoms with Crippen LogP contribution in [0.5, 0.6) is 0 Å². The number of rotatable bonds is 3. The van der Waals surface area contributed by atoms with Gasteiger partial charge in [0.05, 0.1) is 12.2 Å². The maximum absolute atomic E-state index is 11.0. The number of nitrogens with zero attached hydrogens (tertiary/aromatic N) is 1. The summed E-state index contributed by atoms with van der Waals surface area (Å²) < 4.78 is 0. The smallest absolute Gasteiger partial charge is 0.315 e. The molecule has 0 saturated heterocycles. The number of hydrogen-bond acceptors (Lipinski definition) is 2. The van der Waals surface area contributed by atoms with Gasteiger partial charge >= 0.3 is 6.03 Å². The second-order valence-corrected chi connectivity index (χ2v) is 3.11. The van der Waals surface area contributed by atoms with Gasteiger partial charge in [-0.15, -0.1) is 0 Å². The Balaban J connectivity index is 2.41. The summed E-state index contributed by atoms with van der Waals surface area (Å²) in [5.41, 5.74) is 0.740. The normalized spacial score (nSPS) is 9.57. The Bertz CT molecular complexity index is 317. The summed E-state index contributed by atoms with van der Waals surface area (Å²) in [6, 6.07) is 3.21. The Morgan fingerprint density at radius 1 is 1.57 bits per heavy atom. The lowest BCUT2D eigenvalue weighted by Crippen LogP contribution is -2.34. The van der Waals surface area contributed by atoms with E-state index < -0.39 is 0 Å². The molecule has 1 aromatic heterocycles. The van der Waals surface area contributed by atoms with Crippen molar-refractivity contribution in [3.05, 3.63) is 29.0 Å². The lowest BCUT2D eigenvalue weighted by atomic mass is 10.3.